The molecule has 88 valence electrons. The van der Waals surface area contributed by atoms with Crippen molar-refractivity contribution in [3.8, 4) is 11.5 Å². The van der Waals surface area contributed by atoms with E-state index in [1.807, 2.05) is 13.1 Å². The Kier molecular flexibility index (Phi) is 3.06. The number of hydrogen-bond acceptors (Lipinski definition) is 3. The van der Waals surface area contributed by atoms with Crippen LogP contribution < -0.4 is 14.8 Å². The van der Waals surface area contributed by atoms with Gasteiger partial charge in [0.15, 0.2) is 0 Å². The third-order valence-electron chi connectivity index (χ3n) is 3.39. The highest BCUT2D eigenvalue weighted by atomic mass is 16.5. The molecule has 0 aliphatic heterocycles. The highest BCUT2D eigenvalue weighted by molar-refractivity contribution is 5.51. The molecular formula is C13H19NO2. The standard InChI is InChI=1S/C13H19NO2/c1-8-5-9-6-10(15-3)7-11(16-4)12(9)13(8)14-2/h6-8,13-14H,5H2,1-4H3. The zero-order valence-corrected chi connectivity index (χ0v) is 10.3. The zero-order chi connectivity index (χ0) is 11.7. The third kappa shape index (κ3) is 1.65. The van der Waals surface area contributed by atoms with Crippen LogP contribution in [0.1, 0.15) is 24.1 Å². The largest absolute Gasteiger partial charge is 0.497 e. The van der Waals surface area contributed by atoms with Crippen LogP contribution >= 0.6 is 0 Å². The van der Waals surface area contributed by atoms with Gasteiger partial charge in [-0.05, 0) is 31.0 Å². The molecule has 0 bridgehead atoms. The molecule has 1 N–H and O–H groups in total. The second-order valence-corrected chi connectivity index (χ2v) is 4.35. The maximum atomic E-state index is 5.46. The summed E-state index contributed by atoms with van der Waals surface area (Å²) in [4.78, 5) is 0. The maximum absolute atomic E-state index is 5.46. The molecule has 2 unspecified atom stereocenters. The highest BCUT2D eigenvalue weighted by Gasteiger charge is 2.31. The summed E-state index contributed by atoms with van der Waals surface area (Å²) in [6.45, 7) is 2.26. The summed E-state index contributed by atoms with van der Waals surface area (Å²) in [5.41, 5.74) is 2.63. The average molecular weight is 221 g/mol. The number of nitrogens with one attached hydrogen (secondary N) is 1. The Labute approximate surface area is 96.8 Å². The summed E-state index contributed by atoms with van der Waals surface area (Å²) >= 11 is 0. The minimum absolute atomic E-state index is 0.385. The van der Waals surface area contributed by atoms with Gasteiger partial charge in [-0.25, -0.2) is 0 Å². The van der Waals surface area contributed by atoms with Crippen molar-refractivity contribution in [2.45, 2.75) is 19.4 Å². The quantitative estimate of drug-likeness (QED) is 0.848. The van der Waals surface area contributed by atoms with Crippen LogP contribution in [0.4, 0.5) is 0 Å². The molecule has 3 nitrogen and oxygen atoms in total. The highest BCUT2D eigenvalue weighted by Crippen LogP contribution is 2.43. The van der Waals surface area contributed by atoms with Crippen molar-refractivity contribution in [1.82, 2.24) is 5.32 Å². The van der Waals surface area contributed by atoms with Crippen molar-refractivity contribution in [1.29, 1.82) is 0 Å². The summed E-state index contributed by atoms with van der Waals surface area (Å²) in [6, 6.07) is 4.46. The van der Waals surface area contributed by atoms with Crippen molar-refractivity contribution in [3.63, 3.8) is 0 Å². The molecule has 2 rings (SSSR count). The first-order valence-electron chi connectivity index (χ1n) is 5.63. The first-order chi connectivity index (χ1) is 7.71. The van der Waals surface area contributed by atoms with Crippen LogP contribution in [-0.2, 0) is 6.42 Å². The minimum atomic E-state index is 0.385. The lowest BCUT2D eigenvalue weighted by molar-refractivity contribution is 0.380. The van der Waals surface area contributed by atoms with Crippen molar-refractivity contribution in [3.05, 3.63) is 23.3 Å². The minimum Gasteiger partial charge on any atom is -0.497 e. The van der Waals surface area contributed by atoms with Crippen molar-refractivity contribution >= 4 is 0 Å². The molecule has 0 saturated heterocycles. The van der Waals surface area contributed by atoms with Gasteiger partial charge in [0.1, 0.15) is 11.5 Å². The van der Waals surface area contributed by atoms with E-state index in [-0.39, 0.29) is 0 Å². The number of ether oxygens (including phenoxy) is 2. The molecule has 0 amide bonds. The van der Waals surface area contributed by atoms with E-state index in [0.29, 0.717) is 12.0 Å². The Bertz CT molecular complexity index is 390. The van der Waals surface area contributed by atoms with Crippen LogP contribution in [0.3, 0.4) is 0 Å². The molecule has 2 atom stereocenters. The van der Waals surface area contributed by atoms with E-state index >= 15 is 0 Å². The van der Waals surface area contributed by atoms with E-state index in [0.717, 1.165) is 17.9 Å². The normalized spacial score (nSPS) is 23.0. The predicted molar refractivity (Wildman–Crippen MR) is 64.2 cm³/mol. The Morgan fingerprint density at radius 2 is 2.00 bits per heavy atom. The molecule has 16 heavy (non-hydrogen) atoms. The van der Waals surface area contributed by atoms with Gasteiger partial charge in [0, 0.05) is 17.7 Å². The van der Waals surface area contributed by atoms with Crippen molar-refractivity contribution in [2.24, 2.45) is 5.92 Å². The van der Waals surface area contributed by atoms with Gasteiger partial charge >= 0.3 is 0 Å². The first kappa shape index (κ1) is 11.3. The summed E-state index contributed by atoms with van der Waals surface area (Å²) < 4.78 is 10.7. The monoisotopic (exact) mass is 221 g/mol. The molecule has 0 fully saturated rings. The van der Waals surface area contributed by atoms with Gasteiger partial charge in [-0.2, -0.15) is 0 Å². The maximum Gasteiger partial charge on any atom is 0.127 e. The molecule has 0 spiro atoms. The SMILES string of the molecule is CNC1c2c(cc(OC)cc2OC)CC1C. The summed E-state index contributed by atoms with van der Waals surface area (Å²) in [7, 11) is 5.40. The molecule has 0 heterocycles. The van der Waals surface area contributed by atoms with E-state index in [4.69, 9.17) is 9.47 Å². The fourth-order valence-electron chi connectivity index (χ4n) is 2.64. The van der Waals surface area contributed by atoms with E-state index < -0.39 is 0 Å². The topological polar surface area (TPSA) is 30.5 Å². The van der Waals surface area contributed by atoms with Crippen LogP contribution in [0.2, 0.25) is 0 Å². The van der Waals surface area contributed by atoms with Crippen LogP contribution in [0.15, 0.2) is 12.1 Å². The predicted octanol–water partition coefficient (Wildman–Crippen LogP) is 2.16. The lowest BCUT2D eigenvalue weighted by atomic mass is 10.0. The van der Waals surface area contributed by atoms with Gasteiger partial charge in [0.2, 0.25) is 0 Å². The Morgan fingerprint density at radius 1 is 1.25 bits per heavy atom. The molecule has 0 radical (unpaired) electrons. The lowest BCUT2D eigenvalue weighted by Gasteiger charge is -2.18. The Balaban J connectivity index is 2.51. The third-order valence-corrected chi connectivity index (χ3v) is 3.39. The van der Waals surface area contributed by atoms with Gasteiger partial charge in [-0.3, -0.25) is 0 Å². The van der Waals surface area contributed by atoms with E-state index in [9.17, 15) is 0 Å². The molecule has 0 saturated carbocycles. The van der Waals surface area contributed by atoms with Gasteiger partial charge in [-0.15, -0.1) is 0 Å². The number of rotatable bonds is 3. The van der Waals surface area contributed by atoms with Crippen LogP contribution in [0.5, 0.6) is 11.5 Å². The summed E-state index contributed by atoms with van der Waals surface area (Å²) in [6.07, 6.45) is 1.08. The fourth-order valence-corrected chi connectivity index (χ4v) is 2.64. The Morgan fingerprint density at radius 3 is 2.56 bits per heavy atom. The molecule has 1 aromatic carbocycles. The molecule has 3 heteroatoms. The molecule has 0 aromatic heterocycles. The second kappa shape index (κ2) is 4.34. The first-order valence-corrected chi connectivity index (χ1v) is 5.63. The number of fused-ring (bicyclic) bond motifs is 1. The molecular weight excluding hydrogens is 202 g/mol. The number of hydrogen-bond donors (Lipinski definition) is 1. The number of benzene rings is 1. The summed E-state index contributed by atoms with van der Waals surface area (Å²) in [5.74, 6) is 2.40. The molecule has 1 aliphatic carbocycles. The Hall–Kier alpha value is -1.22. The fraction of sp³-hybridized carbons (Fsp3) is 0.538. The molecule has 1 aromatic rings. The summed E-state index contributed by atoms with van der Waals surface area (Å²) in [5, 5.41) is 3.36. The van der Waals surface area contributed by atoms with Crippen molar-refractivity contribution < 1.29 is 9.47 Å². The average Bonchev–Trinajstić information content (AvgIpc) is 2.62. The van der Waals surface area contributed by atoms with E-state index in [1.54, 1.807) is 14.2 Å². The zero-order valence-electron chi connectivity index (χ0n) is 10.3. The van der Waals surface area contributed by atoms with Gasteiger partial charge < -0.3 is 14.8 Å². The van der Waals surface area contributed by atoms with Crippen LogP contribution in [0.25, 0.3) is 0 Å². The van der Waals surface area contributed by atoms with Crippen LogP contribution in [0, 0.1) is 5.92 Å². The van der Waals surface area contributed by atoms with E-state index in [2.05, 4.69) is 18.3 Å². The van der Waals surface area contributed by atoms with E-state index in [1.165, 1.54) is 11.1 Å². The van der Waals surface area contributed by atoms with Crippen molar-refractivity contribution in [2.75, 3.05) is 21.3 Å². The smallest absolute Gasteiger partial charge is 0.127 e. The second-order valence-electron chi connectivity index (χ2n) is 4.35. The van der Waals surface area contributed by atoms with Gasteiger partial charge in [0.05, 0.1) is 14.2 Å². The van der Waals surface area contributed by atoms with Crippen LogP contribution in [-0.4, -0.2) is 21.3 Å². The number of methoxy groups -OCH3 is 2. The lowest BCUT2D eigenvalue weighted by Crippen LogP contribution is -2.19. The van der Waals surface area contributed by atoms with Gasteiger partial charge in [-0.1, -0.05) is 6.92 Å². The molecule has 1 aliphatic rings. The van der Waals surface area contributed by atoms with Gasteiger partial charge in [0.25, 0.3) is 0 Å².